The van der Waals surface area contributed by atoms with Crippen molar-refractivity contribution in [1.29, 1.82) is 5.26 Å². The van der Waals surface area contributed by atoms with E-state index >= 15 is 0 Å². The van der Waals surface area contributed by atoms with Crippen LogP contribution in [0, 0.1) is 17.1 Å². The van der Waals surface area contributed by atoms with E-state index < -0.39 is 11.4 Å². The van der Waals surface area contributed by atoms with Crippen molar-refractivity contribution in [2.45, 2.75) is 0 Å². The molecule has 9 heteroatoms. The van der Waals surface area contributed by atoms with Gasteiger partial charge in [-0.3, -0.25) is 9.78 Å². The molecule has 3 aromatic carbocycles. The lowest BCUT2D eigenvalue weighted by Gasteiger charge is -2.07. The second-order valence-electron chi connectivity index (χ2n) is 6.88. The first-order valence-electron chi connectivity index (χ1n) is 9.59. The molecular weight excluding hydrogens is 464 g/mol. The van der Waals surface area contributed by atoms with Gasteiger partial charge in [0.25, 0.3) is 5.56 Å². The van der Waals surface area contributed by atoms with Crippen molar-refractivity contribution in [3.8, 4) is 28.5 Å². The highest BCUT2D eigenvalue weighted by Gasteiger charge is 2.13. The summed E-state index contributed by atoms with van der Waals surface area (Å²) in [6, 6.07) is 20.3. The molecule has 2 N–H and O–H groups in total. The zero-order valence-corrected chi connectivity index (χ0v) is 18.3. The lowest BCUT2D eigenvalue weighted by atomic mass is 10.0. The highest BCUT2D eigenvalue weighted by molar-refractivity contribution is 6.35. The summed E-state index contributed by atoms with van der Waals surface area (Å²) in [5.41, 5.74) is 4.17. The number of H-pyrrole nitrogens is 1. The normalized spacial score (nSPS) is 10.8. The minimum Gasteiger partial charge on any atom is -0.290 e. The van der Waals surface area contributed by atoms with Gasteiger partial charge in [-0.25, -0.2) is 14.8 Å². The number of halogens is 3. The Labute approximate surface area is 198 Å². The highest BCUT2D eigenvalue weighted by Crippen LogP contribution is 2.28. The Bertz CT molecular complexity index is 1440. The van der Waals surface area contributed by atoms with Gasteiger partial charge in [-0.2, -0.15) is 10.4 Å². The Hall–Kier alpha value is -3.99. The van der Waals surface area contributed by atoms with E-state index in [1.54, 1.807) is 54.6 Å². The van der Waals surface area contributed by atoms with Crippen molar-refractivity contribution in [2.24, 2.45) is 5.10 Å². The molecule has 0 amide bonds. The number of anilines is 1. The molecule has 0 bridgehead atoms. The fraction of sp³-hybridized carbons (Fsp3) is 0. The molecule has 0 fully saturated rings. The number of nitrogens with one attached hydrogen (secondary N) is 2. The molecule has 1 aromatic heterocycles. The molecule has 162 valence electrons. The SMILES string of the molecule is N#Cc1c(-c2ccccc2)nc(NN=Cc2ccc(-c3cc(Cl)cc(Cl)c3)cc2F)[nH]c1=O. The minimum absolute atomic E-state index is 0.0136. The third-order valence-electron chi connectivity index (χ3n) is 4.65. The van der Waals surface area contributed by atoms with Gasteiger partial charge in [-0.1, -0.05) is 59.6 Å². The number of aromatic nitrogens is 2. The van der Waals surface area contributed by atoms with Crippen molar-refractivity contribution in [3.63, 3.8) is 0 Å². The zero-order chi connectivity index (χ0) is 23.4. The molecule has 0 aliphatic carbocycles. The first-order valence-corrected chi connectivity index (χ1v) is 10.3. The summed E-state index contributed by atoms with van der Waals surface area (Å²) >= 11 is 12.0. The first-order chi connectivity index (χ1) is 15.9. The van der Waals surface area contributed by atoms with Crippen LogP contribution in [0.5, 0.6) is 0 Å². The zero-order valence-electron chi connectivity index (χ0n) is 16.8. The average molecular weight is 478 g/mol. The van der Waals surface area contributed by atoms with Crippen molar-refractivity contribution >= 4 is 35.4 Å². The molecule has 0 spiro atoms. The number of hydrogen-bond donors (Lipinski definition) is 2. The summed E-state index contributed by atoms with van der Waals surface area (Å²) in [4.78, 5) is 19.0. The minimum atomic E-state index is -0.611. The molecular formula is C24H14Cl2FN5O. The van der Waals surface area contributed by atoms with Gasteiger partial charge >= 0.3 is 0 Å². The number of aromatic amines is 1. The maximum absolute atomic E-state index is 14.6. The summed E-state index contributed by atoms with van der Waals surface area (Å²) in [5, 5.41) is 14.2. The molecule has 1 heterocycles. The number of nitrogens with zero attached hydrogens (tertiary/aromatic N) is 3. The summed E-state index contributed by atoms with van der Waals surface area (Å²) in [7, 11) is 0. The van der Waals surface area contributed by atoms with Crippen molar-refractivity contribution < 1.29 is 4.39 Å². The number of hydrazone groups is 1. The molecule has 0 aliphatic heterocycles. The van der Waals surface area contributed by atoms with Crippen LogP contribution in [0.25, 0.3) is 22.4 Å². The number of benzene rings is 3. The highest BCUT2D eigenvalue weighted by atomic mass is 35.5. The smallest absolute Gasteiger partial charge is 0.270 e. The quantitative estimate of drug-likeness (QED) is 0.277. The molecule has 0 radical (unpaired) electrons. The van der Waals surface area contributed by atoms with Crippen molar-refractivity contribution in [3.05, 3.63) is 104 Å². The Morgan fingerprint density at radius 2 is 1.73 bits per heavy atom. The topological polar surface area (TPSA) is 93.9 Å². The number of hydrogen-bond acceptors (Lipinski definition) is 5. The van der Waals surface area contributed by atoms with Crippen LogP contribution in [0.4, 0.5) is 10.3 Å². The third-order valence-corrected chi connectivity index (χ3v) is 5.09. The maximum Gasteiger partial charge on any atom is 0.270 e. The van der Waals surface area contributed by atoms with Crippen molar-refractivity contribution in [2.75, 3.05) is 5.43 Å². The molecule has 6 nitrogen and oxygen atoms in total. The van der Waals surface area contributed by atoms with E-state index in [4.69, 9.17) is 23.2 Å². The fourth-order valence-corrected chi connectivity index (χ4v) is 3.66. The van der Waals surface area contributed by atoms with Gasteiger partial charge in [0.15, 0.2) is 0 Å². The van der Waals surface area contributed by atoms with Crippen LogP contribution in [0.1, 0.15) is 11.1 Å². The fourth-order valence-electron chi connectivity index (χ4n) is 3.13. The second-order valence-corrected chi connectivity index (χ2v) is 7.75. The molecule has 4 rings (SSSR count). The summed E-state index contributed by atoms with van der Waals surface area (Å²) in [5.74, 6) is -0.500. The number of nitriles is 1. The van der Waals surface area contributed by atoms with Crippen LogP contribution in [0.15, 0.2) is 76.6 Å². The van der Waals surface area contributed by atoms with E-state index in [1.165, 1.54) is 12.3 Å². The van der Waals surface area contributed by atoms with E-state index in [2.05, 4.69) is 20.5 Å². The van der Waals surface area contributed by atoms with Crippen LogP contribution in [0.2, 0.25) is 10.0 Å². The van der Waals surface area contributed by atoms with Crippen LogP contribution in [0.3, 0.4) is 0 Å². The lowest BCUT2D eigenvalue weighted by molar-refractivity contribution is 0.626. The van der Waals surface area contributed by atoms with Crippen LogP contribution in [-0.2, 0) is 0 Å². The first kappa shape index (κ1) is 22.2. The summed E-state index contributed by atoms with van der Waals surface area (Å²) < 4.78 is 14.6. The summed E-state index contributed by atoms with van der Waals surface area (Å²) in [6.07, 6.45) is 1.25. The van der Waals surface area contributed by atoms with Gasteiger partial charge in [0.05, 0.1) is 11.9 Å². The van der Waals surface area contributed by atoms with E-state index in [0.717, 1.165) is 0 Å². The molecule has 4 aromatic rings. The lowest BCUT2D eigenvalue weighted by Crippen LogP contribution is -2.16. The van der Waals surface area contributed by atoms with Crippen molar-refractivity contribution in [1.82, 2.24) is 9.97 Å². The van der Waals surface area contributed by atoms with Gasteiger partial charge in [0.2, 0.25) is 5.95 Å². The van der Waals surface area contributed by atoms with E-state index in [0.29, 0.717) is 26.7 Å². The molecule has 33 heavy (non-hydrogen) atoms. The van der Waals surface area contributed by atoms with Crippen LogP contribution in [-0.4, -0.2) is 16.2 Å². The summed E-state index contributed by atoms with van der Waals surface area (Å²) in [6.45, 7) is 0. The van der Waals surface area contributed by atoms with E-state index in [-0.39, 0.29) is 22.8 Å². The second kappa shape index (κ2) is 9.65. The van der Waals surface area contributed by atoms with Crippen LogP contribution >= 0.6 is 23.2 Å². The predicted octanol–water partition coefficient (Wildman–Crippen LogP) is 5.87. The predicted molar refractivity (Wildman–Crippen MR) is 128 cm³/mol. The van der Waals surface area contributed by atoms with Gasteiger partial charge in [0, 0.05) is 21.2 Å². The maximum atomic E-state index is 14.6. The monoisotopic (exact) mass is 477 g/mol. The third kappa shape index (κ3) is 5.09. The Morgan fingerprint density at radius 3 is 2.39 bits per heavy atom. The Balaban J connectivity index is 1.58. The molecule has 0 saturated heterocycles. The molecule has 0 aliphatic rings. The van der Waals surface area contributed by atoms with E-state index in [9.17, 15) is 14.4 Å². The van der Waals surface area contributed by atoms with E-state index in [1.807, 2.05) is 12.1 Å². The standard InChI is InChI=1S/C24H14Cl2FN5O/c25-18-8-17(9-19(26)11-18)15-6-7-16(21(27)10-15)13-29-32-24-30-22(14-4-2-1-3-5-14)20(12-28)23(33)31-24/h1-11,13H,(H2,30,31,32,33). The van der Waals surface area contributed by atoms with Gasteiger partial charge < -0.3 is 0 Å². The Morgan fingerprint density at radius 1 is 1.00 bits per heavy atom. The van der Waals surface area contributed by atoms with Gasteiger partial charge in [-0.05, 0) is 41.5 Å². The van der Waals surface area contributed by atoms with Gasteiger partial charge in [0.1, 0.15) is 17.4 Å². The largest absolute Gasteiger partial charge is 0.290 e. The van der Waals surface area contributed by atoms with Crippen LogP contribution < -0.4 is 11.0 Å². The number of rotatable bonds is 5. The molecule has 0 atom stereocenters. The van der Waals surface area contributed by atoms with Gasteiger partial charge in [-0.15, -0.1) is 0 Å². The average Bonchev–Trinajstić information content (AvgIpc) is 2.79. The molecule has 0 unspecified atom stereocenters. The molecule has 0 saturated carbocycles. The Kier molecular flexibility index (Phi) is 6.50.